The molecule has 0 radical (unpaired) electrons. The van der Waals surface area contributed by atoms with Crippen molar-refractivity contribution in [3.63, 3.8) is 0 Å². The number of nitrogens with zero attached hydrogens (tertiary/aromatic N) is 1. The molecule has 2 aromatic rings. The van der Waals surface area contributed by atoms with Gasteiger partial charge in [0.25, 0.3) is 0 Å². The predicted molar refractivity (Wildman–Crippen MR) is 83.3 cm³/mol. The topological polar surface area (TPSA) is 60.2 Å². The van der Waals surface area contributed by atoms with E-state index in [9.17, 15) is 4.39 Å². The minimum Gasteiger partial charge on any atom is -0.489 e. The molecule has 1 heterocycles. The molecule has 0 amide bonds. The summed E-state index contributed by atoms with van der Waals surface area (Å²) < 4.78 is 19.8. The smallest absolute Gasteiger partial charge is 0.138 e. The van der Waals surface area contributed by atoms with Gasteiger partial charge >= 0.3 is 0 Å². The lowest BCUT2D eigenvalue weighted by atomic mass is 10.0. The summed E-state index contributed by atoms with van der Waals surface area (Å²) in [4.78, 5) is 4.15. The van der Waals surface area contributed by atoms with E-state index in [1.807, 2.05) is 26.0 Å². The molecule has 0 aliphatic carbocycles. The van der Waals surface area contributed by atoms with Crippen LogP contribution in [0.25, 0.3) is 0 Å². The summed E-state index contributed by atoms with van der Waals surface area (Å²) >= 11 is 3.28. The van der Waals surface area contributed by atoms with Gasteiger partial charge in [0.15, 0.2) is 0 Å². The van der Waals surface area contributed by atoms with Crippen LogP contribution in [0, 0.1) is 5.82 Å². The molecule has 0 fully saturated rings. The van der Waals surface area contributed by atoms with Crippen molar-refractivity contribution in [1.29, 1.82) is 0 Å². The summed E-state index contributed by atoms with van der Waals surface area (Å²) in [5.41, 5.74) is 4.19. The summed E-state index contributed by atoms with van der Waals surface area (Å²) in [5, 5.41) is 0. The Morgan fingerprint density at radius 1 is 1.19 bits per heavy atom. The summed E-state index contributed by atoms with van der Waals surface area (Å²) in [6.07, 6.45) is 3.37. The second kappa shape index (κ2) is 6.98. The zero-order valence-electron chi connectivity index (χ0n) is 11.8. The fourth-order valence-electron chi connectivity index (χ4n) is 2.06. The number of hydrogen-bond donors (Lipinski definition) is 2. The SMILES string of the molecule is CC(C)Oc1cncc(C(NN)c2cc(F)cc(Br)c2)c1. The summed E-state index contributed by atoms with van der Waals surface area (Å²) in [5.74, 6) is 5.95. The van der Waals surface area contributed by atoms with Gasteiger partial charge in [-0.25, -0.2) is 9.82 Å². The van der Waals surface area contributed by atoms with Crippen LogP contribution in [0.15, 0.2) is 41.1 Å². The Hall–Kier alpha value is -1.50. The fourth-order valence-corrected chi connectivity index (χ4v) is 2.54. The van der Waals surface area contributed by atoms with Gasteiger partial charge in [0.2, 0.25) is 0 Å². The molecule has 112 valence electrons. The van der Waals surface area contributed by atoms with Gasteiger partial charge in [-0.15, -0.1) is 0 Å². The maximum atomic E-state index is 13.6. The van der Waals surface area contributed by atoms with Gasteiger partial charge in [0.1, 0.15) is 11.6 Å². The molecule has 0 saturated heterocycles. The number of ether oxygens (including phenoxy) is 1. The molecule has 1 aromatic carbocycles. The van der Waals surface area contributed by atoms with E-state index in [-0.39, 0.29) is 18.0 Å². The van der Waals surface area contributed by atoms with Crippen LogP contribution in [-0.4, -0.2) is 11.1 Å². The van der Waals surface area contributed by atoms with Crippen molar-refractivity contribution in [1.82, 2.24) is 10.4 Å². The lowest BCUT2D eigenvalue weighted by molar-refractivity contribution is 0.241. The molecular formula is C15H17BrFN3O. The zero-order chi connectivity index (χ0) is 15.4. The molecule has 4 nitrogen and oxygen atoms in total. The van der Waals surface area contributed by atoms with Crippen LogP contribution in [0.1, 0.15) is 31.0 Å². The molecular weight excluding hydrogens is 337 g/mol. The summed E-state index contributed by atoms with van der Waals surface area (Å²) in [7, 11) is 0. The van der Waals surface area contributed by atoms with E-state index in [0.717, 1.165) is 5.56 Å². The van der Waals surface area contributed by atoms with Crippen molar-refractivity contribution in [2.75, 3.05) is 0 Å². The number of hydrazine groups is 1. The monoisotopic (exact) mass is 353 g/mol. The van der Waals surface area contributed by atoms with Crippen molar-refractivity contribution in [3.05, 3.63) is 58.1 Å². The predicted octanol–water partition coefficient (Wildman–Crippen LogP) is 3.32. The third-order valence-electron chi connectivity index (χ3n) is 2.82. The minimum atomic E-state index is -0.375. The van der Waals surface area contributed by atoms with Crippen molar-refractivity contribution in [2.45, 2.75) is 26.0 Å². The van der Waals surface area contributed by atoms with Crippen molar-refractivity contribution in [2.24, 2.45) is 5.84 Å². The molecule has 21 heavy (non-hydrogen) atoms. The molecule has 0 saturated carbocycles. The Labute approximate surface area is 131 Å². The Kier molecular flexibility index (Phi) is 5.27. The maximum absolute atomic E-state index is 13.6. The zero-order valence-corrected chi connectivity index (χ0v) is 13.4. The normalized spacial score (nSPS) is 12.5. The summed E-state index contributed by atoms with van der Waals surface area (Å²) in [6, 6.07) is 6.11. The largest absolute Gasteiger partial charge is 0.489 e. The lowest BCUT2D eigenvalue weighted by Crippen LogP contribution is -2.29. The van der Waals surface area contributed by atoms with E-state index < -0.39 is 0 Å². The Bertz CT molecular complexity index is 601. The number of benzene rings is 1. The van der Waals surface area contributed by atoms with Crippen molar-refractivity contribution >= 4 is 15.9 Å². The van der Waals surface area contributed by atoms with Crippen molar-refractivity contribution in [3.8, 4) is 5.75 Å². The fraction of sp³-hybridized carbons (Fsp3) is 0.267. The van der Waals surface area contributed by atoms with Crippen molar-refractivity contribution < 1.29 is 9.13 Å². The third kappa shape index (κ3) is 4.23. The molecule has 0 aliphatic heterocycles. The lowest BCUT2D eigenvalue weighted by Gasteiger charge is -2.18. The quantitative estimate of drug-likeness (QED) is 0.639. The molecule has 1 aromatic heterocycles. The maximum Gasteiger partial charge on any atom is 0.138 e. The highest BCUT2D eigenvalue weighted by Gasteiger charge is 2.15. The highest BCUT2D eigenvalue weighted by molar-refractivity contribution is 9.10. The van der Waals surface area contributed by atoms with Gasteiger partial charge in [-0.05, 0) is 49.2 Å². The average molecular weight is 354 g/mol. The van der Waals surface area contributed by atoms with E-state index in [1.54, 1.807) is 12.4 Å². The molecule has 0 aliphatic rings. The molecule has 6 heteroatoms. The van der Waals surface area contributed by atoms with Gasteiger partial charge in [-0.2, -0.15) is 0 Å². The first kappa shape index (κ1) is 15.9. The first-order valence-corrected chi connectivity index (χ1v) is 7.32. The Balaban J connectivity index is 2.36. The second-order valence-corrected chi connectivity index (χ2v) is 5.84. The van der Waals surface area contributed by atoms with Gasteiger partial charge in [-0.3, -0.25) is 10.8 Å². The van der Waals surface area contributed by atoms with Crippen LogP contribution in [0.4, 0.5) is 4.39 Å². The standard InChI is InChI=1S/C15H17BrFN3O/c1-9(2)21-14-5-11(7-19-8-14)15(20-18)10-3-12(16)6-13(17)4-10/h3-9,15,20H,18H2,1-2H3. The van der Waals surface area contributed by atoms with E-state index in [2.05, 4.69) is 26.3 Å². The first-order chi connectivity index (χ1) is 9.99. The third-order valence-corrected chi connectivity index (χ3v) is 3.28. The van der Waals surface area contributed by atoms with Crippen LogP contribution >= 0.6 is 15.9 Å². The number of pyridine rings is 1. The average Bonchev–Trinajstić information content (AvgIpc) is 2.38. The van der Waals surface area contributed by atoms with E-state index >= 15 is 0 Å². The highest BCUT2D eigenvalue weighted by atomic mass is 79.9. The molecule has 0 spiro atoms. The van der Waals surface area contributed by atoms with Crippen LogP contribution in [0.3, 0.4) is 0 Å². The van der Waals surface area contributed by atoms with Gasteiger partial charge in [0.05, 0.1) is 18.3 Å². The van der Waals surface area contributed by atoms with E-state index in [1.165, 1.54) is 12.1 Å². The van der Waals surface area contributed by atoms with Gasteiger partial charge in [-0.1, -0.05) is 15.9 Å². The number of halogens is 2. The minimum absolute atomic E-state index is 0.0506. The molecule has 0 bridgehead atoms. The van der Waals surface area contributed by atoms with Gasteiger partial charge < -0.3 is 4.74 Å². The highest BCUT2D eigenvalue weighted by Crippen LogP contribution is 2.27. The number of hydrogen-bond acceptors (Lipinski definition) is 4. The van der Waals surface area contributed by atoms with Crippen LogP contribution in [0.2, 0.25) is 0 Å². The molecule has 1 unspecified atom stereocenters. The van der Waals surface area contributed by atoms with Crippen LogP contribution in [-0.2, 0) is 0 Å². The number of nitrogens with one attached hydrogen (secondary N) is 1. The Morgan fingerprint density at radius 2 is 1.95 bits per heavy atom. The number of aromatic nitrogens is 1. The van der Waals surface area contributed by atoms with E-state index in [0.29, 0.717) is 15.8 Å². The number of rotatable bonds is 5. The molecule has 3 N–H and O–H groups in total. The van der Waals surface area contributed by atoms with Crippen LogP contribution < -0.4 is 16.0 Å². The molecule has 1 atom stereocenters. The molecule has 2 rings (SSSR count). The summed E-state index contributed by atoms with van der Waals surface area (Å²) in [6.45, 7) is 3.88. The van der Waals surface area contributed by atoms with Gasteiger partial charge in [0, 0.05) is 10.7 Å². The first-order valence-electron chi connectivity index (χ1n) is 6.53. The van der Waals surface area contributed by atoms with E-state index in [4.69, 9.17) is 10.6 Å². The number of nitrogens with two attached hydrogens (primary N) is 1. The van der Waals surface area contributed by atoms with Crippen LogP contribution in [0.5, 0.6) is 5.75 Å². The Morgan fingerprint density at radius 3 is 2.57 bits per heavy atom. The second-order valence-electron chi connectivity index (χ2n) is 4.92.